The molecular weight excluding hydrogens is 218 g/mol. The summed E-state index contributed by atoms with van der Waals surface area (Å²) in [6.07, 6.45) is 0.498. The van der Waals surface area contributed by atoms with Crippen LogP contribution in [0.2, 0.25) is 0 Å². The highest BCUT2D eigenvalue weighted by molar-refractivity contribution is 7.99. The second kappa shape index (κ2) is 10.2. The van der Waals surface area contributed by atoms with Gasteiger partial charge in [0.1, 0.15) is 6.04 Å². The van der Waals surface area contributed by atoms with Crippen molar-refractivity contribution in [2.75, 3.05) is 38.4 Å². The van der Waals surface area contributed by atoms with Gasteiger partial charge < -0.3 is 20.3 Å². The molecule has 0 radical (unpaired) electrons. The van der Waals surface area contributed by atoms with Gasteiger partial charge in [0.05, 0.1) is 19.8 Å². The van der Waals surface area contributed by atoms with Crippen molar-refractivity contribution in [2.24, 2.45) is 5.73 Å². The second-order valence-corrected chi connectivity index (χ2v) is 4.18. The molecule has 0 spiro atoms. The van der Waals surface area contributed by atoms with Gasteiger partial charge in [0.25, 0.3) is 0 Å². The SMILES string of the molecule is COCCOCCSCCC(N)C(=O)O. The van der Waals surface area contributed by atoms with Crippen molar-refractivity contribution in [1.29, 1.82) is 0 Å². The zero-order chi connectivity index (χ0) is 11.5. The number of rotatable bonds is 10. The number of carbonyl (C=O) groups is 1. The Morgan fingerprint density at radius 1 is 1.40 bits per heavy atom. The molecule has 3 N–H and O–H groups in total. The second-order valence-electron chi connectivity index (χ2n) is 2.95. The summed E-state index contributed by atoms with van der Waals surface area (Å²) in [5, 5.41) is 8.51. The summed E-state index contributed by atoms with van der Waals surface area (Å²) < 4.78 is 10.0. The minimum atomic E-state index is -0.938. The Balaban J connectivity index is 3.08. The van der Waals surface area contributed by atoms with Crippen LogP contribution in [0.1, 0.15) is 6.42 Å². The van der Waals surface area contributed by atoms with E-state index in [1.807, 2.05) is 0 Å². The summed E-state index contributed by atoms with van der Waals surface area (Å²) in [5.41, 5.74) is 5.34. The molecule has 0 amide bonds. The molecule has 0 aliphatic heterocycles. The molecule has 0 heterocycles. The molecule has 0 aromatic rings. The van der Waals surface area contributed by atoms with Crippen LogP contribution in [0.25, 0.3) is 0 Å². The smallest absolute Gasteiger partial charge is 0.320 e. The van der Waals surface area contributed by atoms with Crippen molar-refractivity contribution in [3.05, 3.63) is 0 Å². The van der Waals surface area contributed by atoms with Gasteiger partial charge in [0, 0.05) is 12.9 Å². The number of thioether (sulfide) groups is 1. The van der Waals surface area contributed by atoms with Crippen LogP contribution in [0.5, 0.6) is 0 Å². The number of carboxylic acid groups (broad SMARTS) is 1. The molecule has 0 bridgehead atoms. The summed E-state index contributed by atoms with van der Waals surface area (Å²) in [5.74, 6) is 0.670. The van der Waals surface area contributed by atoms with Crippen molar-refractivity contribution in [2.45, 2.75) is 12.5 Å². The third-order valence-electron chi connectivity index (χ3n) is 1.69. The van der Waals surface area contributed by atoms with Gasteiger partial charge in [-0.3, -0.25) is 4.79 Å². The van der Waals surface area contributed by atoms with Crippen molar-refractivity contribution >= 4 is 17.7 Å². The Morgan fingerprint density at radius 3 is 2.73 bits per heavy atom. The first-order valence-corrected chi connectivity index (χ1v) is 5.96. The zero-order valence-corrected chi connectivity index (χ0v) is 9.79. The average molecular weight is 237 g/mol. The first-order valence-electron chi connectivity index (χ1n) is 4.81. The lowest BCUT2D eigenvalue weighted by atomic mass is 10.2. The fraction of sp³-hybridized carbons (Fsp3) is 0.889. The lowest BCUT2D eigenvalue weighted by Crippen LogP contribution is -2.30. The minimum Gasteiger partial charge on any atom is -0.480 e. The monoisotopic (exact) mass is 237 g/mol. The molecule has 0 aliphatic rings. The van der Waals surface area contributed by atoms with Crippen LogP contribution < -0.4 is 5.73 Å². The summed E-state index contributed by atoms with van der Waals surface area (Å²) in [6, 6.07) is -0.744. The van der Waals surface area contributed by atoms with Gasteiger partial charge in [-0.25, -0.2) is 0 Å². The number of nitrogens with two attached hydrogens (primary N) is 1. The van der Waals surface area contributed by atoms with Gasteiger partial charge in [-0.05, 0) is 12.2 Å². The number of hydrogen-bond donors (Lipinski definition) is 2. The van der Waals surface area contributed by atoms with E-state index in [1.165, 1.54) is 0 Å². The van der Waals surface area contributed by atoms with Crippen LogP contribution in [0, 0.1) is 0 Å². The van der Waals surface area contributed by atoms with E-state index in [2.05, 4.69) is 0 Å². The first-order chi connectivity index (χ1) is 7.18. The molecule has 90 valence electrons. The molecule has 0 saturated carbocycles. The summed E-state index contributed by atoms with van der Waals surface area (Å²) >= 11 is 1.65. The van der Waals surface area contributed by atoms with Crippen molar-refractivity contribution in [3.8, 4) is 0 Å². The molecule has 0 rings (SSSR count). The van der Waals surface area contributed by atoms with Gasteiger partial charge in [0.2, 0.25) is 0 Å². The maximum atomic E-state index is 10.4. The molecule has 0 aliphatic carbocycles. The Labute approximate surface area is 94.3 Å². The van der Waals surface area contributed by atoms with E-state index in [0.29, 0.717) is 26.2 Å². The van der Waals surface area contributed by atoms with Crippen LogP contribution in [0.15, 0.2) is 0 Å². The predicted molar refractivity (Wildman–Crippen MR) is 60.2 cm³/mol. The Hall–Kier alpha value is -0.300. The fourth-order valence-electron chi connectivity index (χ4n) is 0.798. The lowest BCUT2D eigenvalue weighted by molar-refractivity contribution is -0.138. The number of carboxylic acids is 1. The number of hydrogen-bond acceptors (Lipinski definition) is 5. The molecule has 15 heavy (non-hydrogen) atoms. The van der Waals surface area contributed by atoms with Crippen molar-refractivity contribution in [3.63, 3.8) is 0 Å². The topological polar surface area (TPSA) is 81.8 Å². The normalized spacial score (nSPS) is 12.7. The van der Waals surface area contributed by atoms with E-state index < -0.39 is 12.0 Å². The first kappa shape index (κ1) is 14.7. The maximum absolute atomic E-state index is 10.4. The Kier molecular flexibility index (Phi) is 10.0. The van der Waals surface area contributed by atoms with E-state index in [4.69, 9.17) is 20.3 Å². The highest BCUT2D eigenvalue weighted by Gasteiger charge is 2.09. The summed E-state index contributed by atoms with van der Waals surface area (Å²) in [7, 11) is 1.63. The highest BCUT2D eigenvalue weighted by atomic mass is 32.2. The van der Waals surface area contributed by atoms with Crippen molar-refractivity contribution < 1.29 is 19.4 Å². The van der Waals surface area contributed by atoms with Gasteiger partial charge in [-0.2, -0.15) is 11.8 Å². The van der Waals surface area contributed by atoms with Gasteiger partial charge in [0.15, 0.2) is 0 Å². The van der Waals surface area contributed by atoms with E-state index in [9.17, 15) is 4.79 Å². The molecule has 6 heteroatoms. The van der Waals surface area contributed by atoms with Crippen LogP contribution in [-0.4, -0.2) is 55.6 Å². The van der Waals surface area contributed by atoms with E-state index in [1.54, 1.807) is 18.9 Å². The molecule has 0 aromatic heterocycles. The number of methoxy groups -OCH3 is 1. The molecule has 1 unspecified atom stereocenters. The van der Waals surface area contributed by atoms with E-state index in [-0.39, 0.29) is 0 Å². The van der Waals surface area contributed by atoms with Crippen LogP contribution >= 0.6 is 11.8 Å². The lowest BCUT2D eigenvalue weighted by Gasteiger charge is -2.06. The van der Waals surface area contributed by atoms with Crippen LogP contribution in [0.4, 0.5) is 0 Å². The molecular formula is C9H19NO4S. The Morgan fingerprint density at radius 2 is 2.13 bits per heavy atom. The van der Waals surface area contributed by atoms with Crippen molar-refractivity contribution in [1.82, 2.24) is 0 Å². The van der Waals surface area contributed by atoms with Gasteiger partial charge in [-0.15, -0.1) is 0 Å². The zero-order valence-electron chi connectivity index (χ0n) is 8.98. The third kappa shape index (κ3) is 9.99. The van der Waals surface area contributed by atoms with E-state index in [0.717, 1.165) is 11.5 Å². The van der Waals surface area contributed by atoms with Crippen LogP contribution in [-0.2, 0) is 14.3 Å². The number of ether oxygens (including phenoxy) is 2. The minimum absolute atomic E-state index is 0.498. The molecule has 0 aromatic carbocycles. The average Bonchev–Trinajstić information content (AvgIpc) is 2.21. The largest absolute Gasteiger partial charge is 0.480 e. The van der Waals surface area contributed by atoms with Crippen LogP contribution in [0.3, 0.4) is 0 Å². The fourth-order valence-corrected chi connectivity index (χ4v) is 1.66. The van der Waals surface area contributed by atoms with Gasteiger partial charge in [-0.1, -0.05) is 0 Å². The quantitative estimate of drug-likeness (QED) is 0.528. The molecule has 5 nitrogen and oxygen atoms in total. The third-order valence-corrected chi connectivity index (χ3v) is 2.67. The Bertz CT molecular complexity index is 168. The molecule has 0 saturated heterocycles. The predicted octanol–water partition coefficient (Wildman–Crippen LogP) is 0.185. The van der Waals surface area contributed by atoms with E-state index >= 15 is 0 Å². The summed E-state index contributed by atoms with van der Waals surface area (Å²) in [6.45, 7) is 1.87. The summed E-state index contributed by atoms with van der Waals surface area (Å²) in [4.78, 5) is 10.4. The standard InChI is InChI=1S/C9H19NO4S/c1-13-3-4-14-5-7-15-6-2-8(10)9(11)12/h8H,2-7,10H2,1H3,(H,11,12). The number of aliphatic carboxylic acids is 1. The highest BCUT2D eigenvalue weighted by Crippen LogP contribution is 2.03. The molecule has 0 fully saturated rings. The van der Waals surface area contributed by atoms with Gasteiger partial charge >= 0.3 is 5.97 Å². The molecule has 1 atom stereocenters. The maximum Gasteiger partial charge on any atom is 0.320 e.